The molecule has 1 aliphatic heterocycles. The van der Waals surface area contributed by atoms with Crippen LogP contribution in [0, 0.1) is 5.92 Å². The quantitative estimate of drug-likeness (QED) is 0.808. The first-order chi connectivity index (χ1) is 8.33. The van der Waals surface area contributed by atoms with Crippen molar-refractivity contribution in [3.05, 3.63) is 28.9 Å². The number of fused-ring (bicyclic) bond motifs is 2. The Morgan fingerprint density at radius 3 is 3.06 bits per heavy atom. The maximum atomic E-state index is 4.70. The van der Waals surface area contributed by atoms with E-state index in [1.54, 1.807) is 0 Å². The van der Waals surface area contributed by atoms with Crippen LogP contribution in [0.3, 0.4) is 0 Å². The third kappa shape index (κ3) is 1.47. The Bertz CT molecular complexity index is 598. The van der Waals surface area contributed by atoms with Crippen molar-refractivity contribution in [3.8, 4) is 0 Å². The van der Waals surface area contributed by atoms with Crippen LogP contribution in [0.1, 0.15) is 12.8 Å². The molecule has 1 aromatic carbocycles. The number of piperidine rings is 1. The summed E-state index contributed by atoms with van der Waals surface area (Å²) < 4.78 is 1.05. The summed E-state index contributed by atoms with van der Waals surface area (Å²) in [5.41, 5.74) is 1.02. The van der Waals surface area contributed by atoms with Gasteiger partial charge in [0.05, 0.1) is 5.52 Å². The molecule has 0 spiro atoms. The van der Waals surface area contributed by atoms with E-state index in [0.717, 1.165) is 39.8 Å². The molecular weight excluding hydrogens is 278 g/mol. The van der Waals surface area contributed by atoms with Gasteiger partial charge in [0.25, 0.3) is 0 Å². The van der Waals surface area contributed by atoms with Gasteiger partial charge in [-0.3, -0.25) is 0 Å². The van der Waals surface area contributed by atoms with E-state index in [2.05, 4.69) is 25.8 Å². The van der Waals surface area contributed by atoms with E-state index in [1.807, 2.05) is 24.4 Å². The van der Waals surface area contributed by atoms with Gasteiger partial charge in [-0.2, -0.15) is 0 Å². The molecule has 4 heteroatoms. The Balaban J connectivity index is 1.83. The van der Waals surface area contributed by atoms with E-state index in [-0.39, 0.29) is 0 Å². The van der Waals surface area contributed by atoms with Crippen molar-refractivity contribution in [1.82, 2.24) is 9.97 Å². The molecule has 0 radical (unpaired) electrons. The first-order valence-corrected chi connectivity index (χ1v) is 6.80. The summed E-state index contributed by atoms with van der Waals surface area (Å²) >= 11 is 3.56. The van der Waals surface area contributed by atoms with Crippen molar-refractivity contribution >= 4 is 32.8 Å². The number of rotatable bonds is 1. The van der Waals surface area contributed by atoms with Gasteiger partial charge in [-0.15, -0.1) is 0 Å². The summed E-state index contributed by atoms with van der Waals surface area (Å²) in [5.74, 6) is 1.81. The van der Waals surface area contributed by atoms with Crippen molar-refractivity contribution in [2.45, 2.75) is 18.9 Å². The Morgan fingerprint density at radius 2 is 2.29 bits per heavy atom. The zero-order chi connectivity index (χ0) is 11.4. The molecule has 2 heterocycles. The van der Waals surface area contributed by atoms with Crippen LogP contribution < -0.4 is 4.90 Å². The first kappa shape index (κ1) is 9.83. The molecule has 86 valence electrons. The minimum absolute atomic E-state index is 0.718. The molecule has 2 atom stereocenters. The minimum atomic E-state index is 0.718. The summed E-state index contributed by atoms with van der Waals surface area (Å²) in [4.78, 5) is 11.6. The topological polar surface area (TPSA) is 29.0 Å². The molecule has 0 N–H and O–H groups in total. The fourth-order valence-corrected chi connectivity index (χ4v) is 3.26. The summed E-state index contributed by atoms with van der Waals surface area (Å²) in [6.45, 7) is 1.12. The average Bonchev–Trinajstić information content (AvgIpc) is 3.01. The molecule has 2 aromatic rings. The molecule has 0 amide bonds. The van der Waals surface area contributed by atoms with Crippen LogP contribution in [-0.4, -0.2) is 22.6 Å². The van der Waals surface area contributed by atoms with E-state index < -0.39 is 0 Å². The monoisotopic (exact) mass is 289 g/mol. The van der Waals surface area contributed by atoms with E-state index in [9.17, 15) is 0 Å². The third-order valence-electron chi connectivity index (χ3n) is 3.83. The standard InChI is InChI=1S/C13H12BrN3/c14-10-3-1-2-9-7-15-13(16-12(9)10)17-5-4-8-6-11(8)17/h1-3,7-8,11H,4-6H2. The highest BCUT2D eigenvalue weighted by molar-refractivity contribution is 9.10. The molecule has 2 unspecified atom stereocenters. The Labute approximate surface area is 108 Å². The first-order valence-electron chi connectivity index (χ1n) is 6.01. The van der Waals surface area contributed by atoms with Crippen molar-refractivity contribution in [3.63, 3.8) is 0 Å². The molecule has 0 bridgehead atoms. The van der Waals surface area contributed by atoms with Crippen LogP contribution in [0.2, 0.25) is 0 Å². The van der Waals surface area contributed by atoms with Crippen molar-refractivity contribution in [2.24, 2.45) is 5.92 Å². The number of halogens is 1. The van der Waals surface area contributed by atoms with Gasteiger partial charge in [-0.05, 0) is 40.8 Å². The van der Waals surface area contributed by atoms with Crippen LogP contribution in [0.25, 0.3) is 10.9 Å². The smallest absolute Gasteiger partial charge is 0.226 e. The number of hydrogen-bond donors (Lipinski definition) is 0. The van der Waals surface area contributed by atoms with Gasteiger partial charge in [0, 0.05) is 28.6 Å². The van der Waals surface area contributed by atoms with E-state index >= 15 is 0 Å². The summed E-state index contributed by atoms with van der Waals surface area (Å²) in [6.07, 6.45) is 4.57. The van der Waals surface area contributed by atoms with Crippen LogP contribution in [-0.2, 0) is 0 Å². The fourth-order valence-electron chi connectivity index (χ4n) is 2.79. The molecule has 1 aromatic heterocycles. The fraction of sp³-hybridized carbons (Fsp3) is 0.385. The Kier molecular flexibility index (Phi) is 1.98. The number of benzene rings is 1. The zero-order valence-electron chi connectivity index (χ0n) is 9.31. The van der Waals surface area contributed by atoms with Gasteiger partial charge in [0.1, 0.15) is 0 Å². The van der Waals surface area contributed by atoms with E-state index in [4.69, 9.17) is 4.98 Å². The molecular formula is C13H12BrN3. The highest BCUT2D eigenvalue weighted by Crippen LogP contribution is 2.45. The normalized spacial score (nSPS) is 26.3. The van der Waals surface area contributed by atoms with Gasteiger partial charge in [-0.1, -0.05) is 12.1 Å². The predicted octanol–water partition coefficient (Wildman–Crippen LogP) is 2.99. The second-order valence-corrected chi connectivity index (χ2v) is 5.75. The lowest BCUT2D eigenvalue weighted by Gasteiger charge is -2.18. The molecule has 2 aliphatic rings. The van der Waals surface area contributed by atoms with Crippen LogP contribution >= 0.6 is 15.9 Å². The Hall–Kier alpha value is -1.16. The molecule has 17 heavy (non-hydrogen) atoms. The van der Waals surface area contributed by atoms with Crippen molar-refractivity contribution in [2.75, 3.05) is 11.4 Å². The summed E-state index contributed by atoms with van der Waals surface area (Å²) in [7, 11) is 0. The zero-order valence-corrected chi connectivity index (χ0v) is 10.9. The molecule has 1 saturated heterocycles. The van der Waals surface area contributed by atoms with Gasteiger partial charge in [0.2, 0.25) is 5.95 Å². The lowest BCUT2D eigenvalue weighted by Crippen LogP contribution is -2.24. The van der Waals surface area contributed by atoms with Gasteiger partial charge < -0.3 is 4.90 Å². The molecule has 1 saturated carbocycles. The summed E-state index contributed by atoms with van der Waals surface area (Å²) in [6, 6.07) is 6.81. The average molecular weight is 290 g/mol. The largest absolute Gasteiger partial charge is 0.338 e. The number of para-hydroxylation sites is 1. The van der Waals surface area contributed by atoms with Gasteiger partial charge in [0.15, 0.2) is 0 Å². The molecule has 4 rings (SSSR count). The van der Waals surface area contributed by atoms with Crippen LogP contribution in [0.15, 0.2) is 28.9 Å². The molecule has 3 nitrogen and oxygen atoms in total. The van der Waals surface area contributed by atoms with Crippen LogP contribution in [0.4, 0.5) is 5.95 Å². The third-order valence-corrected chi connectivity index (χ3v) is 4.47. The highest BCUT2D eigenvalue weighted by Gasteiger charge is 2.47. The lowest BCUT2D eigenvalue weighted by molar-refractivity contribution is 0.784. The van der Waals surface area contributed by atoms with Gasteiger partial charge >= 0.3 is 0 Å². The SMILES string of the molecule is Brc1cccc2cnc(N3CCC4CC43)nc12. The maximum absolute atomic E-state index is 4.70. The highest BCUT2D eigenvalue weighted by atomic mass is 79.9. The Morgan fingerprint density at radius 1 is 1.35 bits per heavy atom. The minimum Gasteiger partial charge on any atom is -0.338 e. The molecule has 1 aliphatic carbocycles. The second kappa shape index (κ2) is 3.42. The van der Waals surface area contributed by atoms with E-state index in [1.165, 1.54) is 12.8 Å². The number of nitrogens with zero attached hydrogens (tertiary/aromatic N) is 3. The lowest BCUT2D eigenvalue weighted by atomic mass is 10.2. The van der Waals surface area contributed by atoms with Crippen molar-refractivity contribution in [1.29, 1.82) is 0 Å². The molecule has 2 fully saturated rings. The number of hydrogen-bond acceptors (Lipinski definition) is 3. The van der Waals surface area contributed by atoms with Crippen molar-refractivity contribution < 1.29 is 0 Å². The summed E-state index contributed by atoms with van der Waals surface area (Å²) in [5, 5.41) is 1.09. The number of anilines is 1. The van der Waals surface area contributed by atoms with Crippen LogP contribution in [0.5, 0.6) is 0 Å². The van der Waals surface area contributed by atoms with Gasteiger partial charge in [-0.25, -0.2) is 9.97 Å². The number of aromatic nitrogens is 2. The predicted molar refractivity (Wildman–Crippen MR) is 71.1 cm³/mol. The maximum Gasteiger partial charge on any atom is 0.226 e. The van der Waals surface area contributed by atoms with E-state index in [0.29, 0.717) is 0 Å². The second-order valence-electron chi connectivity index (χ2n) is 4.89.